The summed E-state index contributed by atoms with van der Waals surface area (Å²) < 4.78 is 5.50. The molecule has 1 aliphatic carbocycles. The van der Waals surface area contributed by atoms with Crippen molar-refractivity contribution >= 4 is 0 Å². The van der Waals surface area contributed by atoms with Crippen LogP contribution in [0.5, 0.6) is 5.75 Å². The summed E-state index contributed by atoms with van der Waals surface area (Å²) in [7, 11) is 1.74. The van der Waals surface area contributed by atoms with Gasteiger partial charge in [-0.05, 0) is 37.3 Å². The van der Waals surface area contributed by atoms with E-state index in [-0.39, 0.29) is 11.5 Å². The Hall–Kier alpha value is -1.02. The van der Waals surface area contributed by atoms with Gasteiger partial charge in [0.15, 0.2) is 0 Å². The summed E-state index contributed by atoms with van der Waals surface area (Å²) in [5.41, 5.74) is 9.00. The number of rotatable bonds is 4. The normalized spacial score (nSPS) is 19.2. The molecule has 0 aliphatic heterocycles. The summed E-state index contributed by atoms with van der Waals surface area (Å²) in [5, 5.41) is 0. The standard InChI is InChI=1S/C15H23NO/c1-10(2)12-5-6-14(17-4)13(9-12)15(7-8-15)11(3)16/h5-6,9-11H,7-8,16H2,1-4H3. The highest BCUT2D eigenvalue weighted by Gasteiger charge is 2.49. The molecular weight excluding hydrogens is 210 g/mol. The van der Waals surface area contributed by atoms with Gasteiger partial charge < -0.3 is 10.5 Å². The van der Waals surface area contributed by atoms with Gasteiger partial charge in [0.1, 0.15) is 5.75 Å². The van der Waals surface area contributed by atoms with Gasteiger partial charge in [-0.3, -0.25) is 0 Å². The van der Waals surface area contributed by atoms with Crippen LogP contribution in [0.25, 0.3) is 0 Å². The predicted octanol–water partition coefficient (Wildman–Crippen LogP) is 3.20. The molecule has 2 heteroatoms. The lowest BCUT2D eigenvalue weighted by atomic mass is 9.86. The van der Waals surface area contributed by atoms with Crippen molar-refractivity contribution in [1.29, 1.82) is 0 Å². The van der Waals surface area contributed by atoms with Gasteiger partial charge in [-0.25, -0.2) is 0 Å². The molecule has 1 unspecified atom stereocenters. The number of benzene rings is 1. The van der Waals surface area contributed by atoms with E-state index in [0.29, 0.717) is 5.92 Å². The predicted molar refractivity (Wildman–Crippen MR) is 71.6 cm³/mol. The number of hydrogen-bond donors (Lipinski definition) is 1. The van der Waals surface area contributed by atoms with Crippen LogP contribution in [0.1, 0.15) is 50.7 Å². The average molecular weight is 233 g/mol. The average Bonchev–Trinajstić information content (AvgIpc) is 3.09. The van der Waals surface area contributed by atoms with Gasteiger partial charge in [0.05, 0.1) is 7.11 Å². The van der Waals surface area contributed by atoms with Gasteiger partial charge in [0.2, 0.25) is 0 Å². The lowest BCUT2D eigenvalue weighted by Crippen LogP contribution is -2.32. The molecule has 0 heterocycles. The number of methoxy groups -OCH3 is 1. The first kappa shape index (κ1) is 12.4. The lowest BCUT2D eigenvalue weighted by Gasteiger charge is -2.24. The minimum Gasteiger partial charge on any atom is -0.496 e. The Morgan fingerprint density at radius 2 is 1.88 bits per heavy atom. The van der Waals surface area contributed by atoms with Crippen LogP contribution in [0.4, 0.5) is 0 Å². The van der Waals surface area contributed by atoms with Gasteiger partial charge >= 0.3 is 0 Å². The van der Waals surface area contributed by atoms with E-state index in [1.54, 1.807) is 7.11 Å². The SMILES string of the molecule is COc1ccc(C(C)C)cc1C1(C(C)N)CC1. The molecule has 0 spiro atoms. The van der Waals surface area contributed by atoms with E-state index in [9.17, 15) is 0 Å². The molecule has 0 bridgehead atoms. The summed E-state index contributed by atoms with van der Waals surface area (Å²) in [6.45, 7) is 6.54. The smallest absolute Gasteiger partial charge is 0.122 e. The second kappa shape index (κ2) is 4.34. The van der Waals surface area contributed by atoms with Crippen molar-refractivity contribution < 1.29 is 4.74 Å². The second-order valence-corrected chi connectivity index (χ2v) is 5.56. The molecule has 0 aromatic heterocycles. The quantitative estimate of drug-likeness (QED) is 0.866. The zero-order valence-corrected chi connectivity index (χ0v) is 11.3. The summed E-state index contributed by atoms with van der Waals surface area (Å²) in [5.74, 6) is 1.53. The van der Waals surface area contributed by atoms with E-state index >= 15 is 0 Å². The monoisotopic (exact) mass is 233 g/mol. The van der Waals surface area contributed by atoms with E-state index in [1.165, 1.54) is 24.0 Å². The third kappa shape index (κ3) is 2.06. The molecule has 1 aromatic rings. The molecule has 1 fully saturated rings. The maximum atomic E-state index is 6.16. The molecule has 2 N–H and O–H groups in total. The van der Waals surface area contributed by atoms with Gasteiger partial charge in [-0.1, -0.05) is 26.0 Å². The minimum absolute atomic E-state index is 0.163. The highest BCUT2D eigenvalue weighted by Crippen LogP contribution is 2.53. The van der Waals surface area contributed by atoms with Crippen molar-refractivity contribution in [2.75, 3.05) is 7.11 Å². The van der Waals surface area contributed by atoms with Gasteiger partial charge in [0, 0.05) is 17.0 Å². The van der Waals surface area contributed by atoms with Crippen molar-refractivity contribution in [1.82, 2.24) is 0 Å². The van der Waals surface area contributed by atoms with Crippen LogP contribution >= 0.6 is 0 Å². The van der Waals surface area contributed by atoms with Gasteiger partial charge in [-0.2, -0.15) is 0 Å². The van der Waals surface area contributed by atoms with E-state index in [2.05, 4.69) is 39.0 Å². The first-order chi connectivity index (χ1) is 8.01. The molecule has 2 rings (SSSR count). The summed E-state index contributed by atoms with van der Waals surface area (Å²) in [6, 6.07) is 6.73. The molecule has 1 atom stereocenters. The topological polar surface area (TPSA) is 35.2 Å². The van der Waals surface area contributed by atoms with Crippen molar-refractivity contribution in [3.05, 3.63) is 29.3 Å². The fraction of sp³-hybridized carbons (Fsp3) is 0.600. The minimum atomic E-state index is 0.163. The summed E-state index contributed by atoms with van der Waals surface area (Å²) in [4.78, 5) is 0. The molecular formula is C15H23NO. The number of ether oxygens (including phenoxy) is 1. The first-order valence-electron chi connectivity index (χ1n) is 6.45. The Balaban J connectivity index is 2.47. The summed E-state index contributed by atoms with van der Waals surface area (Å²) in [6.07, 6.45) is 2.37. The zero-order chi connectivity index (χ0) is 12.6. The van der Waals surface area contributed by atoms with Crippen LogP contribution in [-0.4, -0.2) is 13.2 Å². The van der Waals surface area contributed by atoms with Crippen molar-refractivity contribution in [3.8, 4) is 5.75 Å². The maximum absolute atomic E-state index is 6.16. The number of nitrogens with two attached hydrogens (primary N) is 1. The fourth-order valence-electron chi connectivity index (χ4n) is 2.58. The van der Waals surface area contributed by atoms with Crippen LogP contribution in [0, 0.1) is 0 Å². The Morgan fingerprint density at radius 3 is 2.29 bits per heavy atom. The first-order valence-corrected chi connectivity index (χ1v) is 6.45. The Kier molecular flexibility index (Phi) is 3.17. The second-order valence-electron chi connectivity index (χ2n) is 5.56. The van der Waals surface area contributed by atoms with Gasteiger partial charge in [0.25, 0.3) is 0 Å². The van der Waals surface area contributed by atoms with Crippen molar-refractivity contribution in [2.45, 2.75) is 51.0 Å². The third-order valence-electron chi connectivity index (χ3n) is 4.09. The molecule has 1 aromatic carbocycles. The van der Waals surface area contributed by atoms with Crippen molar-refractivity contribution in [2.24, 2.45) is 5.73 Å². The lowest BCUT2D eigenvalue weighted by molar-refractivity contribution is 0.398. The molecule has 2 nitrogen and oxygen atoms in total. The van der Waals surface area contributed by atoms with Gasteiger partial charge in [-0.15, -0.1) is 0 Å². The third-order valence-corrected chi connectivity index (χ3v) is 4.09. The van der Waals surface area contributed by atoms with E-state index < -0.39 is 0 Å². The Morgan fingerprint density at radius 1 is 1.24 bits per heavy atom. The van der Waals surface area contributed by atoms with E-state index in [0.717, 1.165) is 5.75 Å². The highest BCUT2D eigenvalue weighted by atomic mass is 16.5. The van der Waals surface area contributed by atoms with E-state index in [1.807, 2.05) is 0 Å². The molecule has 94 valence electrons. The molecule has 0 radical (unpaired) electrons. The molecule has 1 saturated carbocycles. The summed E-state index contributed by atoms with van der Waals surface area (Å²) >= 11 is 0. The molecule has 17 heavy (non-hydrogen) atoms. The molecule has 0 amide bonds. The Labute approximate surface area is 104 Å². The van der Waals surface area contributed by atoms with Crippen molar-refractivity contribution in [3.63, 3.8) is 0 Å². The van der Waals surface area contributed by atoms with Crippen LogP contribution < -0.4 is 10.5 Å². The maximum Gasteiger partial charge on any atom is 0.122 e. The van der Waals surface area contributed by atoms with E-state index in [4.69, 9.17) is 10.5 Å². The fourth-order valence-corrected chi connectivity index (χ4v) is 2.58. The number of hydrogen-bond acceptors (Lipinski definition) is 2. The van der Waals surface area contributed by atoms with Crippen LogP contribution in [0.2, 0.25) is 0 Å². The molecule has 1 aliphatic rings. The van der Waals surface area contributed by atoms with Crippen LogP contribution in [0.15, 0.2) is 18.2 Å². The zero-order valence-electron chi connectivity index (χ0n) is 11.3. The van der Waals surface area contributed by atoms with Crippen LogP contribution in [0.3, 0.4) is 0 Å². The molecule has 0 saturated heterocycles. The Bertz CT molecular complexity index is 405. The largest absolute Gasteiger partial charge is 0.496 e. The highest BCUT2D eigenvalue weighted by molar-refractivity contribution is 5.47. The van der Waals surface area contributed by atoms with Crippen LogP contribution in [-0.2, 0) is 5.41 Å².